The highest BCUT2D eigenvalue weighted by molar-refractivity contribution is 5.81. The van der Waals surface area contributed by atoms with Gasteiger partial charge in [-0.1, -0.05) is 36.7 Å². The van der Waals surface area contributed by atoms with Crippen LogP contribution in [0.2, 0.25) is 0 Å². The van der Waals surface area contributed by atoms with Gasteiger partial charge < -0.3 is 13.9 Å². The number of aromatic nitrogens is 6. The molecule has 0 bridgehead atoms. The van der Waals surface area contributed by atoms with Crippen molar-refractivity contribution in [1.29, 1.82) is 0 Å². The molecule has 0 aliphatic rings. The monoisotopic (exact) mass is 462 g/mol. The summed E-state index contributed by atoms with van der Waals surface area (Å²) in [7, 11) is 0. The van der Waals surface area contributed by atoms with Crippen LogP contribution in [0.3, 0.4) is 0 Å². The number of rotatable bonds is 9. The molecule has 0 spiro atoms. The van der Waals surface area contributed by atoms with Crippen molar-refractivity contribution in [1.82, 2.24) is 29.2 Å². The van der Waals surface area contributed by atoms with Crippen LogP contribution in [0.4, 0.5) is 0 Å². The van der Waals surface area contributed by atoms with Crippen molar-refractivity contribution in [2.75, 3.05) is 0 Å². The molecule has 4 heterocycles. The summed E-state index contributed by atoms with van der Waals surface area (Å²) in [4.78, 5) is 37.8. The Morgan fingerprint density at radius 1 is 1.03 bits per heavy atom. The minimum Gasteiger partial charge on any atom is -0.451 e. The first-order valence-corrected chi connectivity index (χ1v) is 11.6. The number of imidazole rings is 1. The van der Waals surface area contributed by atoms with E-state index in [0.717, 1.165) is 23.8 Å². The molecule has 0 radical (unpaired) electrons. The molecule has 0 atom stereocenters. The molecular weight excluding hydrogens is 436 g/mol. The van der Waals surface area contributed by atoms with Gasteiger partial charge in [-0.05, 0) is 38.3 Å². The number of furan rings is 1. The number of aryl methyl sites for hydroxylation is 3. The Labute approximate surface area is 194 Å². The fourth-order valence-corrected chi connectivity index (χ4v) is 4.09. The second kappa shape index (κ2) is 9.12. The van der Waals surface area contributed by atoms with Gasteiger partial charge in [-0.2, -0.15) is 4.98 Å². The Morgan fingerprint density at radius 2 is 1.85 bits per heavy atom. The van der Waals surface area contributed by atoms with Crippen molar-refractivity contribution in [3.63, 3.8) is 0 Å². The van der Waals surface area contributed by atoms with Gasteiger partial charge >= 0.3 is 5.69 Å². The number of nitrogens with zero attached hydrogens (tertiary/aromatic N) is 5. The number of hydrogen-bond acceptors (Lipinski definition) is 7. The number of hydrogen-bond donors (Lipinski definition) is 1. The summed E-state index contributed by atoms with van der Waals surface area (Å²) in [6.45, 7) is 4.68. The average molecular weight is 463 g/mol. The summed E-state index contributed by atoms with van der Waals surface area (Å²) in [5, 5.41) is 5.01. The normalized spacial score (nSPS) is 11.7. The zero-order valence-corrected chi connectivity index (χ0v) is 19.2. The molecule has 0 saturated heterocycles. The molecule has 0 aliphatic carbocycles. The molecule has 1 aromatic carbocycles. The molecule has 1 N–H and O–H groups in total. The smallest absolute Gasteiger partial charge is 0.332 e. The van der Waals surface area contributed by atoms with Crippen LogP contribution in [0.1, 0.15) is 44.3 Å². The lowest BCUT2D eigenvalue weighted by molar-refractivity contribution is 0.410. The third-order valence-electron chi connectivity index (χ3n) is 5.85. The number of unbranched alkanes of at least 4 members (excludes halogenated alkanes) is 2. The van der Waals surface area contributed by atoms with E-state index in [4.69, 9.17) is 8.94 Å². The maximum absolute atomic E-state index is 13.0. The first-order chi connectivity index (χ1) is 16.5. The summed E-state index contributed by atoms with van der Waals surface area (Å²) in [5.41, 5.74) is 0.921. The molecule has 10 heteroatoms. The SMILES string of the molecule is CCCCn1c(=O)n(CCCCc2noc(-c3cc4ccccc4o3)n2)c(=O)c2[nH]c(C)nc21. The van der Waals surface area contributed by atoms with Crippen LogP contribution in [0.25, 0.3) is 33.8 Å². The molecule has 176 valence electrons. The Balaban J connectivity index is 1.28. The number of H-pyrrole nitrogens is 1. The average Bonchev–Trinajstić information content (AvgIpc) is 3.56. The van der Waals surface area contributed by atoms with Crippen LogP contribution in [0.15, 0.2) is 48.9 Å². The van der Waals surface area contributed by atoms with Gasteiger partial charge in [0.1, 0.15) is 16.9 Å². The van der Waals surface area contributed by atoms with Gasteiger partial charge in [0.15, 0.2) is 17.2 Å². The van der Waals surface area contributed by atoms with Gasteiger partial charge in [-0.25, -0.2) is 9.78 Å². The van der Waals surface area contributed by atoms with E-state index in [0.29, 0.717) is 66.8 Å². The van der Waals surface area contributed by atoms with E-state index in [1.165, 1.54) is 4.57 Å². The number of fused-ring (bicyclic) bond motifs is 2. The van der Waals surface area contributed by atoms with Gasteiger partial charge in [0, 0.05) is 24.9 Å². The van der Waals surface area contributed by atoms with E-state index in [2.05, 4.69) is 27.0 Å². The van der Waals surface area contributed by atoms with Crippen molar-refractivity contribution in [2.24, 2.45) is 0 Å². The Hall–Kier alpha value is -3.95. The lowest BCUT2D eigenvalue weighted by atomic mass is 10.2. The highest BCUT2D eigenvalue weighted by atomic mass is 16.5. The molecule has 5 aromatic rings. The Kier molecular flexibility index (Phi) is 5.87. The highest BCUT2D eigenvalue weighted by Gasteiger charge is 2.17. The second-order valence-corrected chi connectivity index (χ2v) is 8.39. The zero-order chi connectivity index (χ0) is 23.7. The van der Waals surface area contributed by atoms with Gasteiger partial charge in [-0.3, -0.25) is 13.9 Å². The van der Waals surface area contributed by atoms with Gasteiger partial charge in [0.25, 0.3) is 11.4 Å². The molecule has 4 aromatic heterocycles. The van der Waals surface area contributed by atoms with Crippen LogP contribution < -0.4 is 11.2 Å². The van der Waals surface area contributed by atoms with Crippen LogP contribution in [-0.4, -0.2) is 29.2 Å². The zero-order valence-electron chi connectivity index (χ0n) is 19.2. The summed E-state index contributed by atoms with van der Waals surface area (Å²) in [5.74, 6) is 2.04. The third-order valence-corrected chi connectivity index (χ3v) is 5.85. The maximum Gasteiger partial charge on any atom is 0.332 e. The highest BCUT2D eigenvalue weighted by Crippen LogP contribution is 2.26. The van der Waals surface area contributed by atoms with Crippen molar-refractivity contribution in [2.45, 2.75) is 59.0 Å². The molecule has 0 saturated carbocycles. The summed E-state index contributed by atoms with van der Waals surface area (Å²) < 4.78 is 14.0. The van der Waals surface area contributed by atoms with Crippen LogP contribution >= 0.6 is 0 Å². The third kappa shape index (κ3) is 4.07. The fraction of sp³-hybridized carbons (Fsp3) is 0.375. The summed E-state index contributed by atoms with van der Waals surface area (Å²) >= 11 is 0. The minimum atomic E-state index is -0.333. The molecule has 10 nitrogen and oxygen atoms in total. The first kappa shape index (κ1) is 21.9. The minimum absolute atomic E-state index is 0.312. The van der Waals surface area contributed by atoms with Crippen molar-refractivity contribution < 1.29 is 8.94 Å². The lowest BCUT2D eigenvalue weighted by Crippen LogP contribution is -2.40. The van der Waals surface area contributed by atoms with E-state index in [9.17, 15) is 9.59 Å². The molecule has 0 amide bonds. The predicted octanol–water partition coefficient (Wildman–Crippen LogP) is 3.81. The van der Waals surface area contributed by atoms with Crippen molar-refractivity contribution in [3.8, 4) is 11.7 Å². The summed E-state index contributed by atoms with van der Waals surface area (Å²) in [6.07, 6.45) is 3.66. The molecule has 34 heavy (non-hydrogen) atoms. The topological polar surface area (TPSA) is 125 Å². The Morgan fingerprint density at radius 3 is 2.68 bits per heavy atom. The fourth-order valence-electron chi connectivity index (χ4n) is 4.09. The van der Waals surface area contributed by atoms with Gasteiger partial charge in [-0.15, -0.1) is 0 Å². The van der Waals surface area contributed by atoms with Crippen LogP contribution in [0.5, 0.6) is 0 Å². The van der Waals surface area contributed by atoms with E-state index in [1.807, 2.05) is 30.3 Å². The van der Waals surface area contributed by atoms with E-state index in [-0.39, 0.29) is 11.2 Å². The molecule has 0 fully saturated rings. The van der Waals surface area contributed by atoms with Crippen LogP contribution in [-0.2, 0) is 19.5 Å². The van der Waals surface area contributed by atoms with Gasteiger partial charge in [0.05, 0.1) is 0 Å². The lowest BCUT2D eigenvalue weighted by Gasteiger charge is -2.10. The second-order valence-electron chi connectivity index (χ2n) is 8.39. The van der Waals surface area contributed by atoms with E-state index in [1.54, 1.807) is 11.5 Å². The van der Waals surface area contributed by atoms with Crippen molar-refractivity contribution >= 4 is 22.1 Å². The molecule has 0 aliphatic heterocycles. The molecule has 5 rings (SSSR count). The van der Waals surface area contributed by atoms with E-state index < -0.39 is 0 Å². The quantitative estimate of drug-likeness (QED) is 0.330. The van der Waals surface area contributed by atoms with Crippen LogP contribution in [0, 0.1) is 6.92 Å². The number of benzene rings is 1. The first-order valence-electron chi connectivity index (χ1n) is 11.6. The largest absolute Gasteiger partial charge is 0.451 e. The standard InChI is InChI=1S/C24H26N6O4/c1-3-4-12-29-21-20(25-15(2)26-21)23(31)30(24(29)32)13-8-7-11-19-27-22(34-28-19)18-14-16-9-5-6-10-17(16)33-18/h5-6,9-10,14H,3-4,7-8,11-13H2,1-2H3,(H,25,26). The maximum atomic E-state index is 13.0. The van der Waals surface area contributed by atoms with Gasteiger partial charge in [0.2, 0.25) is 0 Å². The predicted molar refractivity (Wildman–Crippen MR) is 127 cm³/mol. The number of aromatic amines is 1. The Bertz CT molecular complexity index is 1530. The molecular formula is C24H26N6O4. The van der Waals surface area contributed by atoms with Crippen molar-refractivity contribution in [3.05, 3.63) is 62.8 Å². The number of nitrogens with one attached hydrogen (secondary N) is 1. The van der Waals surface area contributed by atoms with E-state index >= 15 is 0 Å². The number of para-hydroxylation sites is 1. The summed E-state index contributed by atoms with van der Waals surface area (Å²) in [6, 6.07) is 9.56. The molecule has 0 unspecified atom stereocenters.